The lowest BCUT2D eigenvalue weighted by Gasteiger charge is -2.19. The summed E-state index contributed by atoms with van der Waals surface area (Å²) in [7, 11) is 0. The fourth-order valence-electron chi connectivity index (χ4n) is 3.27. The molecule has 0 aromatic carbocycles. The van der Waals surface area contributed by atoms with E-state index in [1.807, 2.05) is 12.1 Å². The van der Waals surface area contributed by atoms with Gasteiger partial charge in [-0.2, -0.15) is 5.10 Å². The van der Waals surface area contributed by atoms with Gasteiger partial charge in [-0.3, -0.25) is 5.10 Å². The van der Waals surface area contributed by atoms with Crippen molar-refractivity contribution in [2.45, 2.75) is 66.3 Å². The summed E-state index contributed by atoms with van der Waals surface area (Å²) < 4.78 is 5.39. The van der Waals surface area contributed by atoms with E-state index in [2.05, 4.69) is 89.3 Å². The molecule has 0 unspecified atom stereocenters. The third-order valence-electron chi connectivity index (χ3n) is 5.53. The van der Waals surface area contributed by atoms with Crippen LogP contribution >= 0.6 is 0 Å². The second-order valence-corrected chi connectivity index (χ2v) is 9.07. The number of aliphatic imine (C=N–C) groups is 1. The highest BCUT2D eigenvalue weighted by Gasteiger charge is 2.09. The van der Waals surface area contributed by atoms with Crippen molar-refractivity contribution in [2.24, 2.45) is 10.7 Å². The molecule has 0 saturated heterocycles. The van der Waals surface area contributed by atoms with Crippen molar-refractivity contribution in [3.05, 3.63) is 53.6 Å². The second kappa shape index (κ2) is 14.2. The van der Waals surface area contributed by atoms with Crippen molar-refractivity contribution in [3.8, 4) is 0 Å². The predicted octanol–water partition coefficient (Wildman–Crippen LogP) is 3.65. The van der Waals surface area contributed by atoms with Crippen LogP contribution in [-0.2, 0) is 6.54 Å². The first kappa shape index (κ1) is 28.0. The van der Waals surface area contributed by atoms with Gasteiger partial charge in [-0.1, -0.05) is 53.3 Å². The van der Waals surface area contributed by atoms with Crippen molar-refractivity contribution in [3.63, 3.8) is 0 Å². The smallest absolute Gasteiger partial charge is 0.175 e. The van der Waals surface area contributed by atoms with E-state index in [4.69, 9.17) is 10.3 Å². The van der Waals surface area contributed by atoms with E-state index in [1.165, 1.54) is 0 Å². The molecule has 0 bridgehead atoms. The zero-order chi connectivity index (χ0) is 25.8. The maximum atomic E-state index is 6.22. The number of H-pyrrole nitrogens is 1. The Morgan fingerprint density at radius 3 is 2.54 bits per heavy atom. The lowest BCUT2D eigenvalue weighted by Crippen LogP contribution is -2.34. The number of aromatic amines is 1. The zero-order valence-corrected chi connectivity index (χ0v) is 22.1. The normalized spacial score (nSPS) is 12.6. The van der Waals surface area contributed by atoms with Gasteiger partial charge in [-0.05, 0) is 37.9 Å². The minimum absolute atomic E-state index is 0.317. The van der Waals surface area contributed by atoms with Gasteiger partial charge < -0.3 is 31.1 Å². The van der Waals surface area contributed by atoms with Crippen LogP contribution in [0.2, 0.25) is 0 Å². The van der Waals surface area contributed by atoms with Crippen LogP contribution in [0.25, 0.3) is 0 Å². The van der Waals surface area contributed by atoms with Crippen LogP contribution in [0.1, 0.15) is 76.9 Å². The van der Waals surface area contributed by atoms with Gasteiger partial charge in [0.15, 0.2) is 11.6 Å². The SMILES string of the molecule is C=C(NCc1cc(C(C)C)no1)NC(=CC(N)=Nc1cc(C(C)C)[nH]n1)NCCCN(CC)CC. The summed E-state index contributed by atoms with van der Waals surface area (Å²) in [5, 5.41) is 21.2. The topological polar surface area (TPSA) is 132 Å². The Hall–Kier alpha value is -3.27. The molecule has 2 aromatic heterocycles. The van der Waals surface area contributed by atoms with Gasteiger partial charge in [0, 0.05) is 30.4 Å². The maximum absolute atomic E-state index is 6.22. The summed E-state index contributed by atoms with van der Waals surface area (Å²) in [6.45, 7) is 21.1. The summed E-state index contributed by atoms with van der Waals surface area (Å²) in [5.74, 6) is 3.57. The number of aromatic nitrogens is 3. The summed E-state index contributed by atoms with van der Waals surface area (Å²) in [6.07, 6.45) is 2.74. The molecule has 2 heterocycles. The van der Waals surface area contributed by atoms with E-state index in [1.54, 1.807) is 6.08 Å². The highest BCUT2D eigenvalue weighted by Crippen LogP contribution is 2.17. The Bertz CT molecular complexity index is 967. The van der Waals surface area contributed by atoms with E-state index in [0.717, 1.165) is 49.7 Å². The van der Waals surface area contributed by atoms with Crippen LogP contribution in [-0.4, -0.2) is 52.3 Å². The highest BCUT2D eigenvalue weighted by molar-refractivity contribution is 5.93. The molecular formula is C25H43N9O. The van der Waals surface area contributed by atoms with Crippen LogP contribution in [0.5, 0.6) is 0 Å². The van der Waals surface area contributed by atoms with Crippen LogP contribution in [0.15, 0.2) is 45.9 Å². The van der Waals surface area contributed by atoms with E-state index >= 15 is 0 Å². The molecule has 6 N–H and O–H groups in total. The summed E-state index contributed by atoms with van der Waals surface area (Å²) in [5.41, 5.74) is 8.16. The van der Waals surface area contributed by atoms with Crippen molar-refractivity contribution < 1.29 is 4.52 Å². The fourth-order valence-corrected chi connectivity index (χ4v) is 3.27. The number of nitrogens with zero attached hydrogens (tertiary/aromatic N) is 4. The molecule has 35 heavy (non-hydrogen) atoms. The summed E-state index contributed by atoms with van der Waals surface area (Å²) in [6, 6.07) is 3.85. The standard InChI is InChI=1S/C25H43N9O/c1-8-34(9-2)12-10-11-27-24(15-23(26)30-25-14-21(17(3)4)31-32-25)29-19(7)28-16-20-13-22(18(5)6)33-35-20/h13-15,17-18,27-29H,7-12,16H2,1-6H3,(H3,26,30,31,32). The Kier molecular flexibility index (Phi) is 11.4. The average Bonchev–Trinajstić information content (AvgIpc) is 3.47. The lowest BCUT2D eigenvalue weighted by atomic mass is 10.1. The lowest BCUT2D eigenvalue weighted by molar-refractivity contribution is 0.299. The molecule has 0 aliphatic rings. The van der Waals surface area contributed by atoms with Crippen molar-refractivity contribution in [1.82, 2.24) is 36.2 Å². The van der Waals surface area contributed by atoms with Gasteiger partial charge >= 0.3 is 0 Å². The van der Waals surface area contributed by atoms with E-state index in [0.29, 0.717) is 41.7 Å². The molecule has 0 atom stereocenters. The Labute approximate surface area is 209 Å². The minimum atomic E-state index is 0.317. The third-order valence-corrected chi connectivity index (χ3v) is 5.53. The number of rotatable bonds is 16. The molecule has 194 valence electrons. The van der Waals surface area contributed by atoms with Gasteiger partial charge in [-0.25, -0.2) is 4.99 Å². The first-order valence-corrected chi connectivity index (χ1v) is 12.4. The zero-order valence-electron chi connectivity index (χ0n) is 22.1. The van der Waals surface area contributed by atoms with Gasteiger partial charge in [-0.15, -0.1) is 0 Å². The van der Waals surface area contributed by atoms with Gasteiger partial charge in [0.25, 0.3) is 0 Å². The quantitative estimate of drug-likeness (QED) is 0.138. The molecule has 10 nitrogen and oxygen atoms in total. The largest absolute Gasteiger partial charge is 0.384 e. The number of hydrogen-bond acceptors (Lipinski definition) is 8. The van der Waals surface area contributed by atoms with Crippen molar-refractivity contribution in [1.29, 1.82) is 0 Å². The molecule has 10 heteroatoms. The molecule has 0 fully saturated rings. The van der Waals surface area contributed by atoms with Crippen molar-refractivity contribution >= 4 is 11.7 Å². The van der Waals surface area contributed by atoms with Gasteiger partial charge in [0.1, 0.15) is 11.7 Å². The summed E-state index contributed by atoms with van der Waals surface area (Å²) in [4.78, 5) is 6.81. The first-order valence-electron chi connectivity index (χ1n) is 12.4. The first-order chi connectivity index (χ1) is 16.7. The van der Waals surface area contributed by atoms with E-state index in [-0.39, 0.29) is 0 Å². The average molecular weight is 486 g/mol. The fraction of sp³-hybridized carbons (Fsp3) is 0.560. The predicted molar refractivity (Wildman–Crippen MR) is 142 cm³/mol. The molecule has 2 rings (SSSR count). The van der Waals surface area contributed by atoms with Crippen LogP contribution < -0.4 is 21.7 Å². The Balaban J connectivity index is 2.03. The third kappa shape index (κ3) is 9.86. The molecule has 0 amide bonds. The molecule has 0 aliphatic heterocycles. The maximum Gasteiger partial charge on any atom is 0.175 e. The van der Waals surface area contributed by atoms with Crippen LogP contribution in [0, 0.1) is 0 Å². The number of nitrogens with two attached hydrogens (primary N) is 1. The number of amidine groups is 1. The molecule has 0 spiro atoms. The Morgan fingerprint density at radius 1 is 1.20 bits per heavy atom. The molecule has 0 saturated carbocycles. The van der Waals surface area contributed by atoms with Crippen molar-refractivity contribution in [2.75, 3.05) is 26.2 Å². The molecular weight excluding hydrogens is 442 g/mol. The van der Waals surface area contributed by atoms with E-state index < -0.39 is 0 Å². The number of hydrogen-bond donors (Lipinski definition) is 5. The Morgan fingerprint density at radius 2 is 1.94 bits per heavy atom. The molecule has 2 aromatic rings. The molecule has 0 radical (unpaired) electrons. The minimum Gasteiger partial charge on any atom is -0.384 e. The van der Waals surface area contributed by atoms with E-state index in [9.17, 15) is 0 Å². The van der Waals surface area contributed by atoms with Gasteiger partial charge in [0.2, 0.25) is 0 Å². The van der Waals surface area contributed by atoms with Crippen LogP contribution in [0.3, 0.4) is 0 Å². The number of nitrogens with one attached hydrogen (secondary N) is 4. The van der Waals surface area contributed by atoms with Gasteiger partial charge in [0.05, 0.1) is 18.1 Å². The summed E-state index contributed by atoms with van der Waals surface area (Å²) >= 11 is 0. The monoisotopic (exact) mass is 485 g/mol. The second-order valence-electron chi connectivity index (χ2n) is 9.07. The van der Waals surface area contributed by atoms with Crippen LogP contribution in [0.4, 0.5) is 5.82 Å². The molecule has 0 aliphatic carbocycles. The highest BCUT2D eigenvalue weighted by atomic mass is 16.5.